The molecule has 4 heterocycles. The van der Waals surface area contributed by atoms with Gasteiger partial charge in [-0.15, -0.1) is 11.8 Å². The molecule has 14 nitrogen and oxygen atoms in total. The van der Waals surface area contributed by atoms with E-state index in [2.05, 4.69) is 25.6 Å². The van der Waals surface area contributed by atoms with Crippen molar-refractivity contribution in [1.82, 2.24) is 19.9 Å². The third-order valence-electron chi connectivity index (χ3n) is 9.56. The minimum atomic E-state index is -4.36. The fourth-order valence-electron chi connectivity index (χ4n) is 6.54. The average Bonchev–Trinajstić information content (AvgIpc) is 3.64. The SMILES string of the molecule is CN(C)CC[C@H](CSc1ccccc1)Nc1ncc(S(=O)(=O)CC(=O)c2cccc(N3CCc4cccc(C(=O)Nc5nc6ccccc6s5)c4C3)n2)cc1[N+](=O)[O-]. The number of hydrogen-bond donors (Lipinski definition) is 2. The van der Waals surface area contributed by atoms with E-state index < -0.39 is 36.9 Å². The van der Waals surface area contributed by atoms with Crippen molar-refractivity contribution < 1.29 is 22.9 Å². The van der Waals surface area contributed by atoms with E-state index in [0.29, 0.717) is 54.7 Å². The van der Waals surface area contributed by atoms with E-state index in [-0.39, 0.29) is 23.5 Å². The van der Waals surface area contributed by atoms with Gasteiger partial charge in [-0.25, -0.2) is 23.4 Å². The van der Waals surface area contributed by atoms with E-state index in [0.717, 1.165) is 38.5 Å². The Morgan fingerprint density at radius 1 is 1.00 bits per heavy atom. The molecule has 1 aliphatic heterocycles. The molecule has 17 heteroatoms. The molecule has 1 atom stereocenters. The number of Topliss-reactive ketones (excluding diaryl/α,β-unsaturated/α-hetero) is 1. The number of nitrogens with zero attached hydrogens (tertiary/aromatic N) is 6. The molecule has 0 saturated heterocycles. The van der Waals surface area contributed by atoms with Gasteiger partial charge in [0.2, 0.25) is 5.82 Å². The molecular weight excluding hydrogens is 797 g/mol. The number of aromatic nitrogens is 3. The van der Waals surface area contributed by atoms with Gasteiger partial charge in [-0.1, -0.05) is 59.9 Å². The number of anilines is 3. The Morgan fingerprint density at radius 3 is 2.55 bits per heavy atom. The number of rotatable bonds is 16. The summed E-state index contributed by atoms with van der Waals surface area (Å²) in [6.45, 7) is 1.59. The summed E-state index contributed by atoms with van der Waals surface area (Å²) in [5, 5.41) is 18.8. The first-order valence-electron chi connectivity index (χ1n) is 18.4. The van der Waals surface area contributed by atoms with Crippen LogP contribution in [0.4, 0.5) is 22.5 Å². The van der Waals surface area contributed by atoms with E-state index in [1.807, 2.05) is 90.6 Å². The first-order valence-corrected chi connectivity index (χ1v) is 21.9. The lowest BCUT2D eigenvalue weighted by molar-refractivity contribution is -0.384. The summed E-state index contributed by atoms with van der Waals surface area (Å²) in [5.74, 6) is -1.05. The van der Waals surface area contributed by atoms with E-state index in [1.54, 1.807) is 30.0 Å². The lowest BCUT2D eigenvalue weighted by Gasteiger charge is -2.31. The van der Waals surface area contributed by atoms with Gasteiger partial charge in [0.1, 0.15) is 17.3 Å². The predicted molar refractivity (Wildman–Crippen MR) is 228 cm³/mol. The number of carbonyl (C=O) groups excluding carboxylic acids is 2. The number of nitrogens with one attached hydrogen (secondary N) is 2. The first kappa shape index (κ1) is 40.4. The number of hydrogen-bond acceptors (Lipinski definition) is 14. The van der Waals surface area contributed by atoms with E-state index in [4.69, 9.17) is 0 Å². The zero-order valence-corrected chi connectivity index (χ0v) is 34.1. The number of fused-ring (bicyclic) bond motifs is 2. The standard InChI is InChI=1S/C41H40N8O6S3/c1-47(2)20-19-28(25-56-29-11-4-3-5-12-29)43-39-35(49(52)53)22-30(23-42-39)58(54,55)26-36(50)33-15-9-17-38(44-33)48-21-18-27-10-8-13-31(32(27)24-48)40(51)46-41-45-34-14-6-7-16-37(34)57-41/h3-17,22-23,28H,18-21,24-26H2,1-2H3,(H,42,43)(H,45,46,51)/t28-/m1/s1. The van der Waals surface area contributed by atoms with Crippen LogP contribution in [0.2, 0.25) is 0 Å². The molecule has 1 aliphatic rings. The molecule has 7 rings (SSSR count). The second kappa shape index (κ2) is 17.8. The van der Waals surface area contributed by atoms with Gasteiger partial charge in [0.15, 0.2) is 20.8 Å². The fraction of sp³-hybridized carbons (Fsp3) is 0.244. The third-order valence-corrected chi connectivity index (χ3v) is 13.3. The summed E-state index contributed by atoms with van der Waals surface area (Å²) in [4.78, 5) is 56.4. The van der Waals surface area contributed by atoms with Crippen molar-refractivity contribution in [3.8, 4) is 0 Å². The van der Waals surface area contributed by atoms with Crippen molar-refractivity contribution in [3.05, 3.63) is 136 Å². The van der Waals surface area contributed by atoms with Crippen molar-refractivity contribution in [2.45, 2.75) is 35.2 Å². The number of ketones is 1. The van der Waals surface area contributed by atoms with E-state index in [1.165, 1.54) is 17.4 Å². The number of sulfone groups is 1. The Morgan fingerprint density at radius 2 is 1.78 bits per heavy atom. The average molecular weight is 837 g/mol. The maximum absolute atomic E-state index is 13.6. The van der Waals surface area contributed by atoms with E-state index in [9.17, 15) is 28.1 Å². The minimum absolute atomic E-state index is 0.0532. The molecule has 1 amide bonds. The van der Waals surface area contributed by atoms with Crippen LogP contribution < -0.4 is 15.5 Å². The van der Waals surface area contributed by atoms with Crippen LogP contribution in [-0.2, 0) is 22.8 Å². The molecule has 6 aromatic rings. The summed E-state index contributed by atoms with van der Waals surface area (Å²) < 4.78 is 28.1. The molecule has 0 bridgehead atoms. The molecule has 2 N–H and O–H groups in total. The lowest BCUT2D eigenvalue weighted by Crippen LogP contribution is -2.33. The molecule has 0 aliphatic carbocycles. The van der Waals surface area contributed by atoms with Gasteiger partial charge in [-0.3, -0.25) is 25.0 Å². The van der Waals surface area contributed by atoms with Crippen LogP contribution in [0.3, 0.4) is 0 Å². The summed E-state index contributed by atoms with van der Waals surface area (Å²) >= 11 is 2.99. The number of pyridine rings is 2. The highest BCUT2D eigenvalue weighted by Gasteiger charge is 2.29. The largest absolute Gasteiger partial charge is 0.361 e. The van der Waals surface area contributed by atoms with Crippen LogP contribution in [-0.4, -0.2) is 89.6 Å². The Bertz CT molecular complexity index is 2550. The quantitative estimate of drug-likeness (QED) is 0.0441. The van der Waals surface area contributed by atoms with Gasteiger partial charge in [-0.2, -0.15) is 0 Å². The molecule has 0 fully saturated rings. The molecule has 0 radical (unpaired) electrons. The van der Waals surface area contributed by atoms with Gasteiger partial charge in [-0.05, 0) is 87.1 Å². The van der Waals surface area contributed by atoms with Crippen LogP contribution >= 0.6 is 23.1 Å². The van der Waals surface area contributed by atoms with Gasteiger partial charge in [0.25, 0.3) is 5.91 Å². The zero-order chi connectivity index (χ0) is 40.8. The maximum atomic E-state index is 13.6. The fourth-order valence-corrected chi connectivity index (χ4v) is 9.56. The van der Waals surface area contributed by atoms with Crippen LogP contribution in [0.15, 0.2) is 113 Å². The second-order valence-corrected chi connectivity index (χ2v) is 18.1. The summed E-state index contributed by atoms with van der Waals surface area (Å²) in [7, 11) is -0.488. The number of amides is 1. The Labute approximate surface area is 343 Å². The van der Waals surface area contributed by atoms with Crippen molar-refractivity contribution in [2.75, 3.05) is 54.2 Å². The summed E-state index contributed by atoms with van der Waals surface area (Å²) in [6.07, 6.45) is 2.31. The smallest absolute Gasteiger partial charge is 0.312 e. The van der Waals surface area contributed by atoms with Crippen LogP contribution in [0, 0.1) is 10.1 Å². The molecule has 3 aromatic heterocycles. The summed E-state index contributed by atoms with van der Waals surface area (Å²) in [5.41, 5.74) is 2.56. The van der Waals surface area contributed by atoms with Crippen molar-refractivity contribution in [2.24, 2.45) is 0 Å². The molecule has 3 aromatic carbocycles. The zero-order valence-electron chi connectivity index (χ0n) is 31.7. The summed E-state index contributed by atoms with van der Waals surface area (Å²) in [6, 6.07) is 28.5. The Hall–Kier alpha value is -5.75. The number of thioether (sulfide) groups is 1. The van der Waals surface area contributed by atoms with Gasteiger partial charge in [0, 0.05) is 47.6 Å². The molecule has 0 saturated carbocycles. The number of para-hydroxylation sites is 1. The molecule has 58 heavy (non-hydrogen) atoms. The van der Waals surface area contributed by atoms with Crippen molar-refractivity contribution in [3.63, 3.8) is 0 Å². The number of nitro groups is 1. The monoisotopic (exact) mass is 836 g/mol. The topological polar surface area (TPSA) is 181 Å². The van der Waals surface area contributed by atoms with Crippen LogP contribution in [0.5, 0.6) is 0 Å². The second-order valence-electron chi connectivity index (χ2n) is 14.0. The van der Waals surface area contributed by atoms with Gasteiger partial charge in [0.05, 0.1) is 20.0 Å². The molecular formula is C41H40N8O6S3. The number of benzene rings is 3. The normalized spacial score (nSPS) is 13.3. The third kappa shape index (κ3) is 9.67. The van der Waals surface area contributed by atoms with Crippen molar-refractivity contribution >= 4 is 77.3 Å². The number of thiazole rings is 1. The highest BCUT2D eigenvalue weighted by molar-refractivity contribution is 7.99. The number of carbonyl (C=O) groups is 2. The molecule has 0 spiro atoms. The highest BCUT2D eigenvalue weighted by Crippen LogP contribution is 2.31. The van der Waals surface area contributed by atoms with Crippen LogP contribution in [0.25, 0.3) is 10.2 Å². The Balaban J connectivity index is 1.04. The van der Waals surface area contributed by atoms with Gasteiger partial charge >= 0.3 is 5.69 Å². The first-order chi connectivity index (χ1) is 27.9. The minimum Gasteiger partial charge on any atom is -0.361 e. The Kier molecular flexibility index (Phi) is 12.4. The predicted octanol–water partition coefficient (Wildman–Crippen LogP) is 6.99. The highest BCUT2D eigenvalue weighted by atomic mass is 32.2. The van der Waals surface area contributed by atoms with Crippen LogP contribution in [0.1, 0.15) is 38.4 Å². The molecule has 0 unspecified atom stereocenters. The van der Waals surface area contributed by atoms with Gasteiger partial charge < -0.3 is 15.1 Å². The lowest BCUT2D eigenvalue weighted by atomic mass is 9.94. The molecule has 298 valence electrons. The maximum Gasteiger partial charge on any atom is 0.312 e. The van der Waals surface area contributed by atoms with E-state index >= 15 is 0 Å². The van der Waals surface area contributed by atoms with Crippen molar-refractivity contribution in [1.29, 1.82) is 0 Å².